The molecule has 25 heavy (non-hydrogen) atoms. The third kappa shape index (κ3) is 3.57. The fraction of sp³-hybridized carbons (Fsp3) is 0.111. The third-order valence-corrected chi connectivity index (χ3v) is 5.08. The van der Waals surface area contributed by atoms with Crippen molar-refractivity contribution in [2.24, 2.45) is 0 Å². The zero-order valence-electron chi connectivity index (χ0n) is 13.3. The predicted octanol–water partition coefficient (Wildman–Crippen LogP) is 5.04. The molecule has 124 valence electrons. The normalized spacial score (nSPS) is 11.1. The highest BCUT2D eigenvalue weighted by atomic mass is 79.9. The van der Waals surface area contributed by atoms with Crippen LogP contribution in [0.4, 0.5) is 0 Å². The monoisotopic (exact) mass is 412 g/mol. The fourth-order valence-electron chi connectivity index (χ4n) is 2.41. The van der Waals surface area contributed by atoms with E-state index in [1.54, 1.807) is 11.8 Å². The standard InChI is InChI=1S/C18H13BrN4OS/c1-11-20-16(24-23-11)10-25-18-14-4-2-3-5-15(14)21-17(22-18)12-6-8-13(19)9-7-12/h2-9H,10H2,1H3. The van der Waals surface area contributed by atoms with Crippen LogP contribution in [0.2, 0.25) is 0 Å². The van der Waals surface area contributed by atoms with Crippen molar-refractivity contribution in [3.05, 3.63) is 64.7 Å². The molecule has 0 radical (unpaired) electrons. The molecule has 0 spiro atoms. The number of hydrogen-bond donors (Lipinski definition) is 0. The molecule has 4 aromatic rings. The lowest BCUT2D eigenvalue weighted by Gasteiger charge is -2.08. The van der Waals surface area contributed by atoms with Crippen LogP contribution in [-0.4, -0.2) is 20.1 Å². The maximum atomic E-state index is 5.20. The number of para-hydroxylation sites is 1. The summed E-state index contributed by atoms with van der Waals surface area (Å²) in [6.07, 6.45) is 0. The first kappa shape index (κ1) is 16.2. The molecule has 0 fully saturated rings. The molecule has 0 saturated heterocycles. The summed E-state index contributed by atoms with van der Waals surface area (Å²) >= 11 is 5.03. The van der Waals surface area contributed by atoms with Crippen LogP contribution in [0.5, 0.6) is 0 Å². The molecule has 0 saturated carbocycles. The second-order valence-corrected chi connectivity index (χ2v) is 7.28. The molecule has 0 amide bonds. The van der Waals surface area contributed by atoms with Gasteiger partial charge in [0.1, 0.15) is 5.03 Å². The molecule has 0 N–H and O–H groups in total. The van der Waals surface area contributed by atoms with Gasteiger partial charge >= 0.3 is 0 Å². The number of rotatable bonds is 4. The lowest BCUT2D eigenvalue weighted by Crippen LogP contribution is -1.94. The second kappa shape index (κ2) is 6.93. The van der Waals surface area contributed by atoms with Crippen LogP contribution in [0.3, 0.4) is 0 Å². The highest BCUT2D eigenvalue weighted by Gasteiger charge is 2.12. The molecule has 2 aromatic carbocycles. The first-order chi connectivity index (χ1) is 12.2. The summed E-state index contributed by atoms with van der Waals surface area (Å²) in [5.74, 6) is 2.51. The van der Waals surface area contributed by atoms with Crippen LogP contribution < -0.4 is 0 Å². The van der Waals surface area contributed by atoms with Gasteiger partial charge in [-0.05, 0) is 25.1 Å². The summed E-state index contributed by atoms with van der Waals surface area (Å²) in [7, 11) is 0. The van der Waals surface area contributed by atoms with Crippen molar-refractivity contribution >= 4 is 38.6 Å². The number of thioether (sulfide) groups is 1. The van der Waals surface area contributed by atoms with Crippen LogP contribution in [-0.2, 0) is 5.75 Å². The van der Waals surface area contributed by atoms with E-state index in [1.807, 2.05) is 55.5 Å². The average Bonchev–Trinajstić information content (AvgIpc) is 3.05. The van der Waals surface area contributed by atoms with E-state index in [-0.39, 0.29) is 0 Å². The van der Waals surface area contributed by atoms with E-state index in [2.05, 4.69) is 26.1 Å². The second-order valence-electron chi connectivity index (χ2n) is 5.40. The van der Waals surface area contributed by atoms with Gasteiger partial charge in [0.05, 0.1) is 11.3 Å². The lowest BCUT2D eigenvalue weighted by atomic mass is 10.2. The minimum atomic E-state index is 0.571. The molecule has 0 aliphatic carbocycles. The molecule has 0 bridgehead atoms. The van der Waals surface area contributed by atoms with E-state index in [0.717, 1.165) is 26.0 Å². The molecular formula is C18H13BrN4OS. The Morgan fingerprint density at radius 1 is 1.00 bits per heavy atom. The van der Waals surface area contributed by atoms with E-state index < -0.39 is 0 Å². The Labute approximate surface area is 157 Å². The third-order valence-electron chi connectivity index (χ3n) is 3.57. The van der Waals surface area contributed by atoms with Crippen molar-refractivity contribution in [2.75, 3.05) is 0 Å². The first-order valence-electron chi connectivity index (χ1n) is 7.64. The van der Waals surface area contributed by atoms with Gasteiger partial charge in [-0.25, -0.2) is 9.97 Å². The fourth-order valence-corrected chi connectivity index (χ4v) is 3.54. The summed E-state index contributed by atoms with van der Waals surface area (Å²) in [6.45, 7) is 1.81. The van der Waals surface area contributed by atoms with Crippen LogP contribution in [0.25, 0.3) is 22.3 Å². The minimum Gasteiger partial charge on any atom is -0.338 e. The maximum Gasteiger partial charge on any atom is 0.237 e. The molecule has 0 aliphatic heterocycles. The van der Waals surface area contributed by atoms with Crippen molar-refractivity contribution in [2.45, 2.75) is 17.7 Å². The Kier molecular flexibility index (Phi) is 4.50. The predicted molar refractivity (Wildman–Crippen MR) is 101 cm³/mol. The Balaban J connectivity index is 1.74. The van der Waals surface area contributed by atoms with E-state index in [9.17, 15) is 0 Å². The van der Waals surface area contributed by atoms with Crippen LogP contribution in [0.1, 0.15) is 11.7 Å². The SMILES string of the molecule is Cc1noc(CSc2nc(-c3ccc(Br)cc3)nc3ccccc23)n1. The van der Waals surface area contributed by atoms with Gasteiger partial charge in [0, 0.05) is 15.4 Å². The van der Waals surface area contributed by atoms with Gasteiger partial charge in [-0.1, -0.05) is 63.2 Å². The largest absolute Gasteiger partial charge is 0.338 e. The van der Waals surface area contributed by atoms with Crippen molar-refractivity contribution < 1.29 is 4.52 Å². The van der Waals surface area contributed by atoms with Crippen LogP contribution in [0, 0.1) is 6.92 Å². The summed E-state index contributed by atoms with van der Waals surface area (Å²) in [5.41, 5.74) is 1.89. The van der Waals surface area contributed by atoms with Crippen molar-refractivity contribution in [1.82, 2.24) is 20.1 Å². The number of aromatic nitrogens is 4. The Bertz CT molecular complexity index is 1030. The van der Waals surface area contributed by atoms with Gasteiger partial charge in [0.2, 0.25) is 5.89 Å². The summed E-state index contributed by atoms with van der Waals surface area (Å²) < 4.78 is 6.22. The molecule has 2 heterocycles. The van der Waals surface area contributed by atoms with Gasteiger partial charge in [0.25, 0.3) is 0 Å². The number of nitrogens with zero attached hydrogens (tertiary/aromatic N) is 4. The van der Waals surface area contributed by atoms with Gasteiger partial charge in [-0.3, -0.25) is 0 Å². The lowest BCUT2D eigenvalue weighted by molar-refractivity contribution is 0.387. The molecule has 2 aromatic heterocycles. The van der Waals surface area contributed by atoms with Crippen molar-refractivity contribution in [3.63, 3.8) is 0 Å². The highest BCUT2D eigenvalue weighted by molar-refractivity contribution is 9.10. The van der Waals surface area contributed by atoms with Gasteiger partial charge in [-0.15, -0.1) is 0 Å². The van der Waals surface area contributed by atoms with E-state index >= 15 is 0 Å². The Morgan fingerprint density at radius 2 is 1.80 bits per heavy atom. The highest BCUT2D eigenvalue weighted by Crippen LogP contribution is 2.30. The topological polar surface area (TPSA) is 64.7 Å². The molecule has 5 nitrogen and oxygen atoms in total. The summed E-state index contributed by atoms with van der Waals surface area (Å²) in [5, 5.41) is 5.75. The number of fused-ring (bicyclic) bond motifs is 1. The smallest absolute Gasteiger partial charge is 0.237 e. The van der Waals surface area contributed by atoms with Crippen molar-refractivity contribution in [1.29, 1.82) is 0 Å². The van der Waals surface area contributed by atoms with Gasteiger partial charge in [0.15, 0.2) is 11.6 Å². The van der Waals surface area contributed by atoms with E-state index in [0.29, 0.717) is 23.3 Å². The van der Waals surface area contributed by atoms with Gasteiger partial charge < -0.3 is 4.52 Å². The van der Waals surface area contributed by atoms with Crippen molar-refractivity contribution in [3.8, 4) is 11.4 Å². The number of hydrogen-bond acceptors (Lipinski definition) is 6. The first-order valence-corrected chi connectivity index (χ1v) is 9.41. The summed E-state index contributed by atoms with van der Waals surface area (Å²) in [6, 6.07) is 16.0. The molecular weight excluding hydrogens is 400 g/mol. The molecule has 0 unspecified atom stereocenters. The average molecular weight is 413 g/mol. The number of benzene rings is 2. The molecule has 0 atom stereocenters. The quantitative estimate of drug-likeness (QED) is 0.345. The summed E-state index contributed by atoms with van der Waals surface area (Å²) in [4.78, 5) is 13.7. The molecule has 0 aliphatic rings. The van der Waals surface area contributed by atoms with Crippen LogP contribution >= 0.6 is 27.7 Å². The zero-order chi connectivity index (χ0) is 17.2. The zero-order valence-corrected chi connectivity index (χ0v) is 15.7. The van der Waals surface area contributed by atoms with E-state index in [4.69, 9.17) is 14.5 Å². The van der Waals surface area contributed by atoms with E-state index in [1.165, 1.54) is 0 Å². The Hall–Kier alpha value is -2.25. The van der Waals surface area contributed by atoms with Gasteiger partial charge in [-0.2, -0.15) is 4.98 Å². The maximum absolute atomic E-state index is 5.20. The van der Waals surface area contributed by atoms with Crippen LogP contribution in [0.15, 0.2) is 62.6 Å². The number of aryl methyl sites for hydroxylation is 1. The molecule has 7 heteroatoms. The Morgan fingerprint density at radius 3 is 2.56 bits per heavy atom. The minimum absolute atomic E-state index is 0.571. The number of halogens is 1. The molecule has 4 rings (SSSR count).